The van der Waals surface area contributed by atoms with Crippen LogP contribution in [0.1, 0.15) is 34.1 Å². The highest BCUT2D eigenvalue weighted by atomic mass is 32.1. The van der Waals surface area contributed by atoms with Gasteiger partial charge in [0.25, 0.3) is 0 Å². The minimum absolute atomic E-state index is 0.116. The average molecular weight is 504 g/mol. The van der Waals surface area contributed by atoms with Crippen molar-refractivity contribution in [3.63, 3.8) is 0 Å². The number of nitrogens with zero attached hydrogens (tertiary/aromatic N) is 1. The van der Waals surface area contributed by atoms with E-state index >= 15 is 0 Å². The molecule has 0 bridgehead atoms. The summed E-state index contributed by atoms with van der Waals surface area (Å²) in [4.78, 5) is 29.5. The van der Waals surface area contributed by atoms with Crippen molar-refractivity contribution in [2.24, 2.45) is 4.99 Å². The van der Waals surface area contributed by atoms with Crippen molar-refractivity contribution in [2.75, 3.05) is 6.61 Å². The number of rotatable bonds is 5. The van der Waals surface area contributed by atoms with Gasteiger partial charge >= 0.3 is 12.1 Å². The maximum absolute atomic E-state index is 13.7. The van der Waals surface area contributed by atoms with E-state index in [9.17, 15) is 9.59 Å². The zero-order valence-electron chi connectivity index (χ0n) is 19.7. The molecule has 0 heterocycles. The monoisotopic (exact) mass is 503 g/mol. The summed E-state index contributed by atoms with van der Waals surface area (Å²) in [5, 5.41) is 2.02. The lowest BCUT2D eigenvalue weighted by Gasteiger charge is -2.24. The SMILES string of the molecule is O=C(N=C=S)OC(C(=O)OCC1c2ccccc2-c2ccccc21)C1c2ccccc2-c2ccccc21. The molecular weight excluding hydrogens is 482 g/mol. The van der Waals surface area contributed by atoms with E-state index in [-0.39, 0.29) is 12.5 Å². The number of carbonyl (C=O) groups is 2. The molecule has 1 unspecified atom stereocenters. The van der Waals surface area contributed by atoms with Crippen molar-refractivity contribution in [3.8, 4) is 22.3 Å². The van der Waals surface area contributed by atoms with Gasteiger partial charge in [-0.2, -0.15) is 0 Å². The summed E-state index contributed by atoms with van der Waals surface area (Å²) < 4.78 is 11.5. The topological polar surface area (TPSA) is 65.0 Å². The van der Waals surface area contributed by atoms with Crippen LogP contribution in [0.15, 0.2) is 102 Å². The fraction of sp³-hybridized carbons (Fsp3) is 0.129. The van der Waals surface area contributed by atoms with Gasteiger partial charge in [-0.3, -0.25) is 0 Å². The molecule has 6 rings (SSSR count). The van der Waals surface area contributed by atoms with Crippen molar-refractivity contribution in [2.45, 2.75) is 17.9 Å². The Morgan fingerprint density at radius 3 is 1.65 bits per heavy atom. The fourth-order valence-electron chi connectivity index (χ4n) is 5.63. The first-order valence-corrected chi connectivity index (χ1v) is 12.4. The van der Waals surface area contributed by atoms with E-state index < -0.39 is 24.1 Å². The summed E-state index contributed by atoms with van der Waals surface area (Å²) >= 11 is 4.57. The lowest BCUT2D eigenvalue weighted by Crippen LogP contribution is -2.35. The minimum atomic E-state index is -1.24. The first-order chi connectivity index (χ1) is 18.2. The Morgan fingerprint density at radius 1 is 0.730 bits per heavy atom. The maximum Gasteiger partial charge on any atom is 0.443 e. The number of amides is 1. The number of ether oxygens (including phenoxy) is 2. The molecule has 4 aromatic carbocycles. The zero-order chi connectivity index (χ0) is 25.4. The van der Waals surface area contributed by atoms with Crippen LogP contribution in [-0.4, -0.2) is 29.9 Å². The molecule has 180 valence electrons. The zero-order valence-corrected chi connectivity index (χ0v) is 20.5. The number of thiocarbonyl (C=S) groups is 1. The highest BCUT2D eigenvalue weighted by Crippen LogP contribution is 2.48. The van der Waals surface area contributed by atoms with Gasteiger partial charge in [-0.15, -0.1) is 4.99 Å². The molecule has 1 amide bonds. The predicted octanol–water partition coefficient (Wildman–Crippen LogP) is 6.76. The summed E-state index contributed by atoms with van der Waals surface area (Å²) in [6.07, 6.45) is -2.22. The Hall–Kier alpha value is -4.38. The number of hydrogen-bond donors (Lipinski definition) is 0. The van der Waals surface area contributed by atoms with Gasteiger partial charge in [0.2, 0.25) is 6.10 Å². The average Bonchev–Trinajstić information content (AvgIpc) is 3.43. The molecule has 37 heavy (non-hydrogen) atoms. The van der Waals surface area contributed by atoms with Gasteiger partial charge in [0.05, 0.1) is 11.1 Å². The normalized spacial score (nSPS) is 13.9. The first-order valence-electron chi connectivity index (χ1n) is 12.0. The van der Waals surface area contributed by atoms with Crippen LogP contribution in [0.2, 0.25) is 0 Å². The number of fused-ring (bicyclic) bond motifs is 6. The van der Waals surface area contributed by atoms with Crippen molar-refractivity contribution in [1.82, 2.24) is 0 Å². The summed E-state index contributed by atoms with van der Waals surface area (Å²) in [6, 6.07) is 31.9. The molecule has 0 fully saturated rings. The number of benzene rings is 4. The molecule has 0 spiro atoms. The Balaban J connectivity index is 1.34. The quantitative estimate of drug-likeness (QED) is 0.171. The molecule has 0 radical (unpaired) electrons. The molecule has 0 N–H and O–H groups in total. The van der Waals surface area contributed by atoms with E-state index in [0.717, 1.165) is 44.5 Å². The van der Waals surface area contributed by atoms with E-state index in [1.54, 1.807) is 0 Å². The Kier molecular flexibility index (Phi) is 5.97. The molecule has 1 atom stereocenters. The van der Waals surface area contributed by atoms with Crippen LogP contribution in [0.4, 0.5) is 4.79 Å². The second kappa shape index (κ2) is 9.58. The van der Waals surface area contributed by atoms with Crippen LogP contribution in [0.25, 0.3) is 22.3 Å². The Bertz CT molecular complexity index is 1500. The van der Waals surface area contributed by atoms with Crippen LogP contribution in [0.3, 0.4) is 0 Å². The van der Waals surface area contributed by atoms with Gasteiger partial charge in [-0.25, -0.2) is 9.59 Å². The van der Waals surface area contributed by atoms with Gasteiger partial charge in [0, 0.05) is 5.92 Å². The molecular formula is C31H21NO4S. The third kappa shape index (κ3) is 3.97. The summed E-state index contributed by atoms with van der Waals surface area (Å²) in [5.74, 6) is -1.28. The lowest BCUT2D eigenvalue weighted by molar-refractivity contribution is -0.154. The number of isothiocyanates is 1. The first kappa shape index (κ1) is 23.0. The fourth-order valence-corrected chi connectivity index (χ4v) is 5.71. The summed E-state index contributed by atoms with van der Waals surface area (Å²) in [6.45, 7) is 0.118. The molecule has 2 aliphatic rings. The molecule has 0 saturated carbocycles. The number of aliphatic imine (C=N–C) groups is 1. The maximum atomic E-state index is 13.7. The van der Waals surface area contributed by atoms with Crippen LogP contribution in [-0.2, 0) is 14.3 Å². The van der Waals surface area contributed by atoms with Crippen molar-refractivity contribution in [1.29, 1.82) is 0 Å². The molecule has 4 aromatic rings. The highest BCUT2D eigenvalue weighted by molar-refractivity contribution is 7.78. The second-order valence-corrected chi connectivity index (χ2v) is 9.20. The van der Waals surface area contributed by atoms with Crippen LogP contribution in [0, 0.1) is 0 Å². The van der Waals surface area contributed by atoms with E-state index in [4.69, 9.17) is 9.47 Å². The standard InChI is InChI=1S/C31H21NO4S/c33-30(35-17-27-23-13-3-1-9-19(23)20-10-2-4-14-24(20)27)29(36-31(34)32-18-37)28-25-15-7-5-11-21(25)22-12-6-8-16-26(22)28/h1-16,27-29H,17H2. The summed E-state index contributed by atoms with van der Waals surface area (Å²) in [5.41, 5.74) is 8.25. The van der Waals surface area contributed by atoms with Crippen LogP contribution >= 0.6 is 12.2 Å². The van der Waals surface area contributed by atoms with E-state index in [1.165, 1.54) is 0 Å². The second-order valence-electron chi connectivity index (χ2n) is 9.02. The third-order valence-corrected chi connectivity index (χ3v) is 7.23. The largest absolute Gasteiger partial charge is 0.462 e. The van der Waals surface area contributed by atoms with Crippen molar-refractivity contribution in [3.05, 3.63) is 119 Å². The van der Waals surface area contributed by atoms with Gasteiger partial charge in [-0.1, -0.05) is 97.1 Å². The highest BCUT2D eigenvalue weighted by Gasteiger charge is 2.42. The molecule has 5 nitrogen and oxygen atoms in total. The molecule has 0 aromatic heterocycles. The van der Waals surface area contributed by atoms with Crippen molar-refractivity contribution < 1.29 is 19.1 Å². The van der Waals surface area contributed by atoms with E-state index in [2.05, 4.69) is 41.5 Å². The Labute approximate surface area is 219 Å². The van der Waals surface area contributed by atoms with Gasteiger partial charge < -0.3 is 9.47 Å². The number of hydrogen-bond acceptors (Lipinski definition) is 5. The van der Waals surface area contributed by atoms with Gasteiger partial charge in [-0.05, 0) is 56.7 Å². The predicted molar refractivity (Wildman–Crippen MR) is 144 cm³/mol. The molecule has 6 heteroatoms. The minimum Gasteiger partial charge on any atom is -0.462 e. The molecule has 2 aliphatic carbocycles. The van der Waals surface area contributed by atoms with E-state index in [0.29, 0.717) is 0 Å². The lowest BCUT2D eigenvalue weighted by atomic mass is 9.91. The van der Waals surface area contributed by atoms with Crippen LogP contribution in [0.5, 0.6) is 0 Å². The van der Waals surface area contributed by atoms with Gasteiger partial charge in [0.15, 0.2) is 0 Å². The third-order valence-electron chi connectivity index (χ3n) is 7.14. The number of carbonyl (C=O) groups excluding carboxylic acids is 2. The number of esters is 1. The van der Waals surface area contributed by atoms with Crippen molar-refractivity contribution >= 4 is 29.4 Å². The summed E-state index contributed by atoms with van der Waals surface area (Å²) in [7, 11) is 0. The molecule has 0 saturated heterocycles. The smallest absolute Gasteiger partial charge is 0.443 e. The van der Waals surface area contributed by atoms with E-state index in [1.807, 2.05) is 78.0 Å². The Morgan fingerprint density at radius 2 is 1.16 bits per heavy atom. The van der Waals surface area contributed by atoms with Crippen LogP contribution < -0.4 is 0 Å². The molecule has 0 aliphatic heterocycles. The van der Waals surface area contributed by atoms with Gasteiger partial charge in [0.1, 0.15) is 6.61 Å².